The Hall–Kier alpha value is -1.90. The van der Waals surface area contributed by atoms with Gasteiger partial charge in [0.05, 0.1) is 12.1 Å². The van der Waals surface area contributed by atoms with Crippen LogP contribution in [0.5, 0.6) is 0 Å². The lowest BCUT2D eigenvalue weighted by molar-refractivity contribution is -0.297. The molecule has 0 fully saturated rings. The highest BCUT2D eigenvalue weighted by molar-refractivity contribution is 9.10. The standard InChI is InChI=1S/C17H11BrClF3N2O2/c18-12-3-1-2-11(8-12)15(25)24-16(26,17(20,21)22)9-14(23-24)10-4-6-13(19)7-5-10/h1-8,26H,9H2/t16-/m1/s1. The Bertz CT molecular complexity index is 886. The Kier molecular flexibility index (Phi) is 4.85. The van der Waals surface area contributed by atoms with E-state index in [0.717, 1.165) is 0 Å². The number of aliphatic hydroxyl groups is 1. The van der Waals surface area contributed by atoms with Gasteiger partial charge in [-0.05, 0) is 35.9 Å². The summed E-state index contributed by atoms with van der Waals surface area (Å²) in [6.45, 7) is 0. The highest BCUT2D eigenvalue weighted by Gasteiger charge is 2.63. The maximum absolute atomic E-state index is 13.6. The minimum Gasteiger partial charge on any atom is -0.362 e. The van der Waals surface area contributed by atoms with Crippen molar-refractivity contribution in [3.05, 3.63) is 69.2 Å². The van der Waals surface area contributed by atoms with Gasteiger partial charge in [0, 0.05) is 15.1 Å². The lowest BCUT2D eigenvalue weighted by Crippen LogP contribution is -2.56. The van der Waals surface area contributed by atoms with E-state index in [2.05, 4.69) is 21.0 Å². The number of hydrazone groups is 1. The Labute approximate surface area is 160 Å². The zero-order valence-corrected chi connectivity index (χ0v) is 15.3. The molecule has 1 N–H and O–H groups in total. The number of carbonyl (C=O) groups is 1. The van der Waals surface area contributed by atoms with Crippen molar-refractivity contribution >= 4 is 39.1 Å². The van der Waals surface area contributed by atoms with Crippen molar-refractivity contribution < 1.29 is 23.1 Å². The second-order valence-electron chi connectivity index (χ2n) is 5.67. The van der Waals surface area contributed by atoms with Crippen molar-refractivity contribution in [1.82, 2.24) is 5.01 Å². The van der Waals surface area contributed by atoms with Crippen molar-refractivity contribution in [1.29, 1.82) is 0 Å². The van der Waals surface area contributed by atoms with Gasteiger partial charge in [-0.15, -0.1) is 0 Å². The van der Waals surface area contributed by atoms with Crippen LogP contribution in [0.25, 0.3) is 0 Å². The molecule has 0 spiro atoms. The first kappa shape index (κ1) is 18.9. The van der Waals surface area contributed by atoms with Gasteiger partial charge in [0.1, 0.15) is 0 Å². The molecule has 0 aromatic heterocycles. The summed E-state index contributed by atoms with van der Waals surface area (Å²) in [7, 11) is 0. The van der Waals surface area contributed by atoms with Crippen LogP contribution < -0.4 is 0 Å². The summed E-state index contributed by atoms with van der Waals surface area (Å²) in [6.07, 6.45) is -5.97. The van der Waals surface area contributed by atoms with Crippen LogP contribution in [0.2, 0.25) is 5.02 Å². The average Bonchev–Trinajstić information content (AvgIpc) is 2.94. The Morgan fingerprint density at radius 2 is 1.88 bits per heavy atom. The first-order valence-corrected chi connectivity index (χ1v) is 8.51. The number of carbonyl (C=O) groups excluding carboxylic acids is 1. The first-order valence-electron chi connectivity index (χ1n) is 7.34. The molecule has 1 heterocycles. The van der Waals surface area contributed by atoms with E-state index in [1.54, 1.807) is 6.07 Å². The lowest BCUT2D eigenvalue weighted by atomic mass is 10.0. The van der Waals surface area contributed by atoms with E-state index in [1.165, 1.54) is 42.5 Å². The largest absolute Gasteiger partial charge is 0.438 e. The number of nitrogens with zero attached hydrogens (tertiary/aromatic N) is 2. The van der Waals surface area contributed by atoms with Crippen LogP contribution in [-0.4, -0.2) is 33.6 Å². The number of hydrogen-bond acceptors (Lipinski definition) is 3. The molecule has 9 heteroatoms. The third-order valence-corrected chi connectivity index (χ3v) is 4.63. The fourth-order valence-electron chi connectivity index (χ4n) is 2.53. The molecule has 0 radical (unpaired) electrons. The number of benzene rings is 2. The van der Waals surface area contributed by atoms with E-state index in [-0.39, 0.29) is 16.3 Å². The third kappa shape index (κ3) is 3.36. The van der Waals surface area contributed by atoms with Crippen LogP contribution in [0.15, 0.2) is 58.1 Å². The summed E-state index contributed by atoms with van der Waals surface area (Å²) in [5.41, 5.74) is -3.20. The fourth-order valence-corrected chi connectivity index (χ4v) is 3.05. The third-order valence-electron chi connectivity index (χ3n) is 3.88. The maximum atomic E-state index is 13.6. The lowest BCUT2D eigenvalue weighted by Gasteiger charge is -2.32. The summed E-state index contributed by atoms with van der Waals surface area (Å²) >= 11 is 8.94. The number of amides is 1. The quantitative estimate of drug-likeness (QED) is 0.731. The summed E-state index contributed by atoms with van der Waals surface area (Å²) in [4.78, 5) is 12.6. The number of alkyl halides is 3. The minimum absolute atomic E-state index is 0.0387. The molecular formula is C17H11BrClF3N2O2. The molecule has 4 nitrogen and oxygen atoms in total. The van der Waals surface area contributed by atoms with Gasteiger partial charge in [0.25, 0.3) is 11.6 Å². The maximum Gasteiger partial charge on any atom is 0.438 e. The SMILES string of the molecule is O=C(c1cccc(Br)c1)N1N=C(c2ccc(Cl)cc2)C[C@@]1(O)C(F)(F)F. The summed E-state index contributed by atoms with van der Waals surface area (Å²) in [6, 6.07) is 11.8. The molecule has 0 bridgehead atoms. The van der Waals surface area contributed by atoms with Gasteiger partial charge in [-0.1, -0.05) is 45.7 Å². The molecule has 136 valence electrons. The van der Waals surface area contributed by atoms with Crippen LogP contribution >= 0.6 is 27.5 Å². The molecule has 2 aromatic carbocycles. The molecular weight excluding hydrogens is 437 g/mol. The van der Waals surface area contributed by atoms with Gasteiger partial charge in [-0.3, -0.25) is 4.79 Å². The number of halogens is 5. The van der Waals surface area contributed by atoms with Crippen molar-refractivity contribution in [3.63, 3.8) is 0 Å². The summed E-state index contributed by atoms with van der Waals surface area (Å²) < 4.78 is 41.2. The zero-order valence-electron chi connectivity index (χ0n) is 13.0. The van der Waals surface area contributed by atoms with Gasteiger partial charge in [0.15, 0.2) is 0 Å². The second-order valence-corrected chi connectivity index (χ2v) is 7.02. The monoisotopic (exact) mass is 446 g/mol. The van der Waals surface area contributed by atoms with Gasteiger partial charge in [-0.2, -0.15) is 23.3 Å². The number of rotatable bonds is 2. The average molecular weight is 448 g/mol. The van der Waals surface area contributed by atoms with Crippen molar-refractivity contribution in [3.8, 4) is 0 Å². The molecule has 0 unspecified atom stereocenters. The minimum atomic E-state index is -5.09. The molecule has 3 rings (SSSR count). The van der Waals surface area contributed by atoms with Crippen LogP contribution in [0, 0.1) is 0 Å². The molecule has 2 aromatic rings. The van der Waals surface area contributed by atoms with Gasteiger partial charge in [-0.25, -0.2) is 0 Å². The van der Waals surface area contributed by atoms with Gasteiger partial charge < -0.3 is 5.11 Å². The van der Waals surface area contributed by atoms with Crippen molar-refractivity contribution in [2.75, 3.05) is 0 Å². The van der Waals surface area contributed by atoms with Crippen LogP contribution in [0.3, 0.4) is 0 Å². The molecule has 0 saturated carbocycles. The van der Waals surface area contributed by atoms with Crippen LogP contribution in [-0.2, 0) is 0 Å². The smallest absolute Gasteiger partial charge is 0.362 e. The van der Waals surface area contributed by atoms with Crippen molar-refractivity contribution in [2.45, 2.75) is 18.3 Å². The topological polar surface area (TPSA) is 52.9 Å². The molecule has 26 heavy (non-hydrogen) atoms. The molecule has 0 aliphatic carbocycles. The van der Waals surface area contributed by atoms with Gasteiger partial charge in [0.2, 0.25) is 0 Å². The van der Waals surface area contributed by atoms with E-state index >= 15 is 0 Å². The van der Waals surface area contributed by atoms with E-state index in [9.17, 15) is 23.1 Å². The van der Waals surface area contributed by atoms with Crippen LogP contribution in [0.4, 0.5) is 13.2 Å². The molecule has 0 saturated heterocycles. The van der Waals surface area contributed by atoms with E-state index < -0.39 is 24.2 Å². The van der Waals surface area contributed by atoms with Gasteiger partial charge >= 0.3 is 6.18 Å². The predicted octanol–water partition coefficient (Wildman–Crippen LogP) is 4.60. The van der Waals surface area contributed by atoms with E-state index in [4.69, 9.17) is 11.6 Å². The summed E-state index contributed by atoms with van der Waals surface area (Å²) in [5, 5.41) is 14.6. The van der Waals surface area contributed by atoms with Crippen LogP contribution in [0.1, 0.15) is 22.3 Å². The molecule has 1 aliphatic heterocycles. The summed E-state index contributed by atoms with van der Waals surface area (Å²) in [5.74, 6) is -1.06. The molecule has 1 aliphatic rings. The Morgan fingerprint density at radius 3 is 2.46 bits per heavy atom. The van der Waals surface area contributed by atoms with Crippen molar-refractivity contribution in [2.24, 2.45) is 5.10 Å². The molecule has 1 amide bonds. The van der Waals surface area contributed by atoms with E-state index in [1.807, 2.05) is 0 Å². The highest BCUT2D eigenvalue weighted by Crippen LogP contribution is 2.42. The predicted molar refractivity (Wildman–Crippen MR) is 93.9 cm³/mol. The Balaban J connectivity index is 2.05. The number of hydrogen-bond donors (Lipinski definition) is 1. The van der Waals surface area contributed by atoms with E-state index in [0.29, 0.717) is 15.1 Å². The fraction of sp³-hybridized carbons (Fsp3) is 0.176. The second kappa shape index (κ2) is 6.68. The Morgan fingerprint density at radius 1 is 1.23 bits per heavy atom. The first-order chi connectivity index (χ1) is 12.1. The zero-order chi connectivity index (χ0) is 19.1. The normalized spacial score (nSPS) is 20.2. The molecule has 1 atom stereocenters. The highest BCUT2D eigenvalue weighted by atomic mass is 79.9.